The Hall–Kier alpha value is -1.01. The molecular weight excluding hydrogens is 247 g/mol. The Morgan fingerprint density at radius 3 is 2.11 bits per heavy atom. The fourth-order valence-electron chi connectivity index (χ4n) is 2.26. The van der Waals surface area contributed by atoms with Gasteiger partial charge in [-0.25, -0.2) is 4.39 Å². The molecule has 0 bridgehead atoms. The van der Waals surface area contributed by atoms with Crippen LogP contribution in [0.15, 0.2) is 24.3 Å². The molecule has 0 saturated heterocycles. The number of nitrogens with two attached hydrogens (primary N) is 1. The van der Waals surface area contributed by atoms with E-state index < -0.39 is 0 Å². The summed E-state index contributed by atoms with van der Waals surface area (Å²) in [6, 6.07) is 5.95. The molecular formula is C14H23FN2O2. The highest BCUT2D eigenvalue weighted by Crippen LogP contribution is 2.25. The van der Waals surface area contributed by atoms with Crippen molar-refractivity contribution >= 4 is 0 Å². The van der Waals surface area contributed by atoms with Crippen LogP contribution in [0.4, 0.5) is 4.39 Å². The fourth-order valence-corrected chi connectivity index (χ4v) is 2.26. The normalized spacial score (nSPS) is 14.6. The van der Waals surface area contributed by atoms with Crippen LogP contribution in [0.5, 0.6) is 0 Å². The topological polar surface area (TPSA) is 69.7 Å². The summed E-state index contributed by atoms with van der Waals surface area (Å²) in [5.41, 5.74) is 7.05. The molecule has 0 amide bonds. The SMILES string of the molecule is CCC(N)C(c1ccc(F)cc1)N(CCO)CCO. The largest absolute Gasteiger partial charge is 0.395 e. The first-order valence-electron chi connectivity index (χ1n) is 6.60. The van der Waals surface area contributed by atoms with Gasteiger partial charge in [-0.05, 0) is 24.1 Å². The maximum Gasteiger partial charge on any atom is 0.123 e. The predicted octanol–water partition coefficient (Wildman–Crippen LogP) is 0.891. The maximum atomic E-state index is 13.0. The molecule has 108 valence electrons. The van der Waals surface area contributed by atoms with E-state index in [4.69, 9.17) is 15.9 Å². The van der Waals surface area contributed by atoms with Crippen LogP contribution in [0.2, 0.25) is 0 Å². The van der Waals surface area contributed by atoms with Crippen molar-refractivity contribution in [2.24, 2.45) is 5.73 Å². The summed E-state index contributed by atoms with van der Waals surface area (Å²) in [4.78, 5) is 1.93. The Morgan fingerprint density at radius 1 is 1.16 bits per heavy atom. The lowest BCUT2D eigenvalue weighted by atomic mass is 9.96. The third kappa shape index (κ3) is 4.54. The number of aliphatic hydroxyl groups is 2. The molecule has 4 N–H and O–H groups in total. The number of aliphatic hydroxyl groups excluding tert-OH is 2. The van der Waals surface area contributed by atoms with Crippen LogP contribution >= 0.6 is 0 Å². The molecule has 19 heavy (non-hydrogen) atoms. The van der Waals surface area contributed by atoms with Gasteiger partial charge in [0.1, 0.15) is 5.82 Å². The van der Waals surface area contributed by atoms with Crippen molar-refractivity contribution in [1.29, 1.82) is 0 Å². The highest BCUT2D eigenvalue weighted by molar-refractivity contribution is 5.21. The predicted molar refractivity (Wildman–Crippen MR) is 73.2 cm³/mol. The van der Waals surface area contributed by atoms with Crippen LogP contribution in [0.25, 0.3) is 0 Å². The van der Waals surface area contributed by atoms with Crippen LogP contribution < -0.4 is 5.73 Å². The molecule has 0 fully saturated rings. The van der Waals surface area contributed by atoms with Crippen molar-refractivity contribution in [3.63, 3.8) is 0 Å². The highest BCUT2D eigenvalue weighted by atomic mass is 19.1. The third-order valence-corrected chi connectivity index (χ3v) is 3.26. The van der Waals surface area contributed by atoms with Gasteiger partial charge in [-0.15, -0.1) is 0 Å². The molecule has 0 saturated carbocycles. The smallest absolute Gasteiger partial charge is 0.123 e. The van der Waals surface area contributed by atoms with E-state index in [1.165, 1.54) is 12.1 Å². The molecule has 0 aliphatic carbocycles. The Kier molecular flexibility index (Phi) is 6.94. The summed E-state index contributed by atoms with van der Waals surface area (Å²) in [6.07, 6.45) is 0.759. The van der Waals surface area contributed by atoms with E-state index in [0.717, 1.165) is 12.0 Å². The van der Waals surface area contributed by atoms with Crippen molar-refractivity contribution in [2.75, 3.05) is 26.3 Å². The van der Waals surface area contributed by atoms with Gasteiger partial charge in [-0.1, -0.05) is 19.1 Å². The van der Waals surface area contributed by atoms with Crippen molar-refractivity contribution in [2.45, 2.75) is 25.4 Å². The highest BCUT2D eigenvalue weighted by Gasteiger charge is 2.25. The summed E-state index contributed by atoms with van der Waals surface area (Å²) in [6.45, 7) is 2.83. The van der Waals surface area contributed by atoms with Crippen LogP contribution in [0.3, 0.4) is 0 Å². The van der Waals surface area contributed by atoms with E-state index in [2.05, 4.69) is 0 Å². The number of hydrogen-bond acceptors (Lipinski definition) is 4. The van der Waals surface area contributed by atoms with Gasteiger partial charge in [0.25, 0.3) is 0 Å². The Morgan fingerprint density at radius 2 is 1.68 bits per heavy atom. The van der Waals surface area contributed by atoms with Gasteiger partial charge in [0.15, 0.2) is 0 Å². The van der Waals surface area contributed by atoms with E-state index in [1.807, 2.05) is 11.8 Å². The first kappa shape index (κ1) is 16.0. The molecule has 5 heteroatoms. The first-order valence-corrected chi connectivity index (χ1v) is 6.60. The summed E-state index contributed by atoms with van der Waals surface area (Å²) >= 11 is 0. The van der Waals surface area contributed by atoms with Crippen LogP contribution in [0, 0.1) is 5.82 Å². The van der Waals surface area contributed by atoms with E-state index in [1.54, 1.807) is 12.1 Å². The molecule has 1 rings (SSSR count). The number of nitrogens with zero attached hydrogens (tertiary/aromatic N) is 1. The molecule has 0 aliphatic heterocycles. The number of benzene rings is 1. The quantitative estimate of drug-likeness (QED) is 0.656. The Labute approximate surface area is 113 Å². The Bertz CT molecular complexity index is 353. The van der Waals surface area contributed by atoms with E-state index in [0.29, 0.717) is 13.1 Å². The zero-order chi connectivity index (χ0) is 14.3. The lowest BCUT2D eigenvalue weighted by Crippen LogP contribution is -2.43. The molecule has 2 unspecified atom stereocenters. The van der Waals surface area contributed by atoms with Gasteiger partial charge < -0.3 is 15.9 Å². The molecule has 0 spiro atoms. The van der Waals surface area contributed by atoms with Gasteiger partial charge >= 0.3 is 0 Å². The second kappa shape index (κ2) is 8.22. The number of halogens is 1. The van der Waals surface area contributed by atoms with E-state index >= 15 is 0 Å². The van der Waals surface area contributed by atoms with Crippen LogP contribution in [-0.4, -0.2) is 47.5 Å². The lowest BCUT2D eigenvalue weighted by Gasteiger charge is -2.35. The number of hydrogen-bond donors (Lipinski definition) is 3. The maximum absolute atomic E-state index is 13.0. The van der Waals surface area contributed by atoms with Crippen molar-refractivity contribution in [3.8, 4) is 0 Å². The summed E-state index contributed by atoms with van der Waals surface area (Å²) < 4.78 is 13.0. The zero-order valence-corrected chi connectivity index (χ0v) is 11.3. The zero-order valence-electron chi connectivity index (χ0n) is 11.3. The second-order valence-electron chi connectivity index (χ2n) is 4.55. The third-order valence-electron chi connectivity index (χ3n) is 3.26. The summed E-state index contributed by atoms with van der Waals surface area (Å²) in [5.74, 6) is -0.288. The molecule has 0 heterocycles. The van der Waals surface area contributed by atoms with Crippen molar-refractivity contribution < 1.29 is 14.6 Å². The molecule has 0 radical (unpaired) electrons. The molecule has 4 nitrogen and oxygen atoms in total. The van der Waals surface area contributed by atoms with Gasteiger partial charge in [-0.3, -0.25) is 4.90 Å². The molecule has 2 atom stereocenters. The standard InChI is InChI=1S/C14H23FN2O2/c1-2-13(16)14(17(7-9-18)8-10-19)11-3-5-12(15)6-4-11/h3-6,13-14,18-19H,2,7-10,16H2,1H3. The van der Waals surface area contributed by atoms with Gasteiger partial charge in [0, 0.05) is 19.1 Å². The monoisotopic (exact) mass is 270 g/mol. The van der Waals surface area contributed by atoms with Crippen molar-refractivity contribution in [1.82, 2.24) is 4.90 Å². The van der Waals surface area contributed by atoms with Crippen LogP contribution in [0.1, 0.15) is 24.9 Å². The molecule has 1 aromatic rings. The molecule has 1 aromatic carbocycles. The average Bonchev–Trinajstić information content (AvgIpc) is 2.41. The van der Waals surface area contributed by atoms with E-state index in [9.17, 15) is 4.39 Å². The van der Waals surface area contributed by atoms with Crippen LogP contribution in [-0.2, 0) is 0 Å². The van der Waals surface area contributed by atoms with Gasteiger partial charge in [0.05, 0.1) is 19.3 Å². The summed E-state index contributed by atoms with van der Waals surface area (Å²) in [7, 11) is 0. The van der Waals surface area contributed by atoms with Crippen molar-refractivity contribution in [3.05, 3.63) is 35.6 Å². The minimum absolute atomic E-state index is 0.00582. The van der Waals surface area contributed by atoms with E-state index in [-0.39, 0.29) is 31.1 Å². The lowest BCUT2D eigenvalue weighted by molar-refractivity contribution is 0.107. The fraction of sp³-hybridized carbons (Fsp3) is 0.571. The van der Waals surface area contributed by atoms with Gasteiger partial charge in [0.2, 0.25) is 0 Å². The number of rotatable bonds is 8. The molecule has 0 aliphatic rings. The first-order chi connectivity index (χ1) is 9.13. The average molecular weight is 270 g/mol. The van der Waals surface area contributed by atoms with Gasteiger partial charge in [-0.2, -0.15) is 0 Å². The minimum Gasteiger partial charge on any atom is -0.395 e. The summed E-state index contributed by atoms with van der Waals surface area (Å²) in [5, 5.41) is 18.3. The minimum atomic E-state index is -0.288. The Balaban J connectivity index is 3.00. The second-order valence-corrected chi connectivity index (χ2v) is 4.55. The molecule has 0 aromatic heterocycles.